The van der Waals surface area contributed by atoms with E-state index in [0.717, 1.165) is 46.3 Å². The van der Waals surface area contributed by atoms with E-state index in [1.807, 2.05) is 54.3 Å². The van der Waals surface area contributed by atoms with Gasteiger partial charge >= 0.3 is 0 Å². The van der Waals surface area contributed by atoms with Crippen molar-refractivity contribution in [1.82, 2.24) is 33.8 Å². The van der Waals surface area contributed by atoms with Crippen LogP contribution < -0.4 is 5.73 Å². The molecule has 0 spiro atoms. The molecule has 6 rings (SSSR count). The van der Waals surface area contributed by atoms with Crippen LogP contribution in [0.3, 0.4) is 0 Å². The number of aliphatic hydroxyl groups is 1. The van der Waals surface area contributed by atoms with Crippen molar-refractivity contribution < 1.29 is 9.90 Å². The molecule has 1 aromatic carbocycles. The van der Waals surface area contributed by atoms with Gasteiger partial charge in [-0.05, 0) is 37.5 Å². The molecule has 0 bridgehead atoms. The van der Waals surface area contributed by atoms with E-state index in [1.54, 1.807) is 15.6 Å². The molecule has 5 heterocycles. The number of fused-ring (bicyclic) bond motifs is 2. The summed E-state index contributed by atoms with van der Waals surface area (Å²) in [5.41, 5.74) is 11.9. The van der Waals surface area contributed by atoms with Crippen LogP contribution >= 0.6 is 0 Å². The summed E-state index contributed by atoms with van der Waals surface area (Å²) < 4.78 is 5.71. The molecule has 1 aliphatic heterocycles. The number of benzene rings is 1. The molecule has 35 heavy (non-hydrogen) atoms. The van der Waals surface area contributed by atoms with Crippen molar-refractivity contribution in [3.8, 4) is 16.8 Å². The lowest BCUT2D eigenvalue weighted by atomic mass is 10.0. The van der Waals surface area contributed by atoms with E-state index in [-0.39, 0.29) is 11.9 Å². The number of amides is 1. The van der Waals surface area contributed by atoms with E-state index in [9.17, 15) is 9.90 Å². The smallest absolute Gasteiger partial charge is 0.248 e. The molecular formula is C25H26N8O2. The number of carbonyl (C=O) groups is 1. The van der Waals surface area contributed by atoms with Crippen LogP contribution in [0.15, 0.2) is 55.1 Å². The lowest BCUT2D eigenvalue weighted by molar-refractivity contribution is -0.135. The molecule has 1 amide bonds. The highest BCUT2D eigenvalue weighted by Crippen LogP contribution is 2.34. The maximum absolute atomic E-state index is 11.9. The Morgan fingerprint density at radius 3 is 2.60 bits per heavy atom. The summed E-state index contributed by atoms with van der Waals surface area (Å²) in [4.78, 5) is 18.6. The summed E-state index contributed by atoms with van der Waals surface area (Å²) in [6, 6.07) is 10.1. The number of aryl methyl sites for hydroxylation is 1. The van der Waals surface area contributed by atoms with Gasteiger partial charge in [0.2, 0.25) is 5.91 Å². The number of piperidine rings is 1. The Morgan fingerprint density at radius 1 is 1.09 bits per heavy atom. The van der Waals surface area contributed by atoms with Crippen LogP contribution in [0.25, 0.3) is 33.5 Å². The molecule has 1 aliphatic rings. The fraction of sp³-hybridized carbons (Fsp3) is 0.280. The zero-order chi connectivity index (χ0) is 24.1. The van der Waals surface area contributed by atoms with E-state index in [2.05, 4.69) is 21.0 Å². The van der Waals surface area contributed by atoms with Gasteiger partial charge in [0.15, 0.2) is 5.65 Å². The number of nitrogens with two attached hydrogens (primary N) is 1. The Morgan fingerprint density at radius 2 is 1.86 bits per heavy atom. The third kappa shape index (κ3) is 3.45. The van der Waals surface area contributed by atoms with Gasteiger partial charge in [-0.25, -0.2) is 9.67 Å². The minimum atomic E-state index is -0.447. The zero-order valence-corrected chi connectivity index (χ0v) is 19.4. The van der Waals surface area contributed by atoms with Gasteiger partial charge in [0.25, 0.3) is 0 Å². The molecule has 1 saturated heterocycles. The molecule has 0 unspecified atom stereocenters. The Hall–Kier alpha value is -4.18. The van der Waals surface area contributed by atoms with Gasteiger partial charge in [0.1, 0.15) is 18.1 Å². The van der Waals surface area contributed by atoms with E-state index in [4.69, 9.17) is 10.7 Å². The van der Waals surface area contributed by atoms with Gasteiger partial charge in [-0.15, -0.1) is 0 Å². The van der Waals surface area contributed by atoms with Gasteiger partial charge in [-0.3, -0.25) is 4.79 Å². The largest absolute Gasteiger partial charge is 0.387 e. The van der Waals surface area contributed by atoms with Crippen molar-refractivity contribution in [1.29, 1.82) is 0 Å². The summed E-state index contributed by atoms with van der Waals surface area (Å²) in [5, 5.41) is 19.1. The first-order valence-corrected chi connectivity index (χ1v) is 11.7. The molecule has 3 N–H and O–H groups in total. The van der Waals surface area contributed by atoms with Gasteiger partial charge in [-0.2, -0.15) is 14.7 Å². The van der Waals surface area contributed by atoms with Crippen molar-refractivity contribution in [3.63, 3.8) is 0 Å². The summed E-state index contributed by atoms with van der Waals surface area (Å²) in [6.45, 7) is 2.80. The molecule has 0 atom stereocenters. The number of aromatic nitrogens is 6. The second kappa shape index (κ2) is 8.24. The minimum absolute atomic E-state index is 0.190. The molecule has 1 fully saturated rings. The highest BCUT2D eigenvalue weighted by atomic mass is 16.3. The predicted molar refractivity (Wildman–Crippen MR) is 132 cm³/mol. The molecular weight excluding hydrogens is 444 g/mol. The van der Waals surface area contributed by atoms with Crippen molar-refractivity contribution in [2.24, 2.45) is 0 Å². The van der Waals surface area contributed by atoms with Crippen LogP contribution in [0, 0.1) is 6.92 Å². The first-order chi connectivity index (χ1) is 17.0. The number of nitrogen functional groups attached to an aromatic ring is 1. The standard InChI is InChI=1S/C25H26N8O2/c1-16-13-31(18-7-9-30(10-8-18)21(35)15-34)25-22(16)23(26)33-24(29-25)20(12-28-33)17-11-27-32(14-17)19-5-3-2-4-6-19/h2-6,11-14,18,34H,7-10,15,26H2,1H3. The van der Waals surface area contributed by atoms with Crippen molar-refractivity contribution >= 4 is 28.4 Å². The monoisotopic (exact) mass is 470 g/mol. The third-order valence-electron chi connectivity index (χ3n) is 6.90. The molecule has 0 aliphatic carbocycles. The highest BCUT2D eigenvalue weighted by Gasteiger charge is 2.26. The second-order valence-electron chi connectivity index (χ2n) is 8.99. The number of hydrogen-bond acceptors (Lipinski definition) is 6. The Balaban J connectivity index is 1.42. The normalized spacial score (nSPS) is 14.9. The predicted octanol–water partition coefficient (Wildman–Crippen LogP) is 2.58. The maximum Gasteiger partial charge on any atom is 0.248 e. The molecule has 178 valence electrons. The Kier molecular flexibility index (Phi) is 5.03. The molecule has 10 nitrogen and oxygen atoms in total. The number of para-hydroxylation sites is 1. The van der Waals surface area contributed by atoms with Crippen LogP contribution in [0.2, 0.25) is 0 Å². The average Bonchev–Trinajstić information content (AvgIpc) is 3.62. The number of rotatable bonds is 4. The van der Waals surface area contributed by atoms with Gasteiger partial charge < -0.3 is 20.3 Å². The number of anilines is 1. The number of aliphatic hydroxyl groups excluding tert-OH is 1. The number of carbonyl (C=O) groups excluding carboxylic acids is 1. The van der Waals surface area contributed by atoms with E-state index >= 15 is 0 Å². The van der Waals surface area contributed by atoms with Gasteiger partial charge in [-0.1, -0.05) is 18.2 Å². The number of nitrogens with zero attached hydrogens (tertiary/aromatic N) is 7. The Labute approximate surface area is 201 Å². The highest BCUT2D eigenvalue weighted by molar-refractivity contribution is 5.94. The van der Waals surface area contributed by atoms with Crippen molar-refractivity contribution in [2.75, 3.05) is 25.4 Å². The summed E-state index contributed by atoms with van der Waals surface area (Å²) in [6.07, 6.45) is 9.23. The Bertz CT molecular complexity index is 1540. The lowest BCUT2D eigenvalue weighted by Gasteiger charge is -2.32. The molecule has 4 aromatic heterocycles. The zero-order valence-electron chi connectivity index (χ0n) is 19.4. The first kappa shape index (κ1) is 21.4. The lowest BCUT2D eigenvalue weighted by Crippen LogP contribution is -2.40. The van der Waals surface area contributed by atoms with E-state index < -0.39 is 6.61 Å². The van der Waals surface area contributed by atoms with Crippen LogP contribution in [0.1, 0.15) is 24.4 Å². The first-order valence-electron chi connectivity index (χ1n) is 11.7. The molecule has 5 aromatic rings. The fourth-order valence-corrected chi connectivity index (χ4v) is 5.06. The topological polar surface area (TPSA) is 120 Å². The van der Waals surface area contributed by atoms with Crippen molar-refractivity contribution in [2.45, 2.75) is 25.8 Å². The SMILES string of the molecule is Cc1cn(C2CCN(C(=O)CO)CC2)c2nc3c(-c4cnn(-c5ccccc5)c4)cnn3c(N)c12. The minimum Gasteiger partial charge on any atom is -0.387 e. The average molecular weight is 471 g/mol. The number of hydrogen-bond donors (Lipinski definition) is 2. The molecule has 10 heteroatoms. The van der Waals surface area contributed by atoms with Gasteiger partial charge in [0.05, 0.1) is 23.5 Å². The third-order valence-corrected chi connectivity index (χ3v) is 6.90. The van der Waals surface area contributed by atoms with Crippen LogP contribution in [0.4, 0.5) is 5.82 Å². The second-order valence-corrected chi connectivity index (χ2v) is 8.99. The quantitative estimate of drug-likeness (QED) is 0.417. The molecule has 0 radical (unpaired) electrons. The van der Waals surface area contributed by atoms with Crippen LogP contribution in [0.5, 0.6) is 0 Å². The molecule has 0 saturated carbocycles. The maximum atomic E-state index is 11.9. The van der Waals surface area contributed by atoms with Crippen LogP contribution in [-0.2, 0) is 4.79 Å². The summed E-state index contributed by atoms with van der Waals surface area (Å²) in [7, 11) is 0. The van der Waals surface area contributed by atoms with Gasteiger partial charge in [0, 0.05) is 42.7 Å². The summed E-state index contributed by atoms with van der Waals surface area (Å²) in [5.74, 6) is 0.330. The number of likely N-dealkylation sites (tertiary alicyclic amines) is 1. The van der Waals surface area contributed by atoms with Crippen LogP contribution in [-0.4, -0.2) is 64.6 Å². The van der Waals surface area contributed by atoms with E-state index in [1.165, 1.54) is 0 Å². The van der Waals surface area contributed by atoms with E-state index in [0.29, 0.717) is 24.6 Å². The van der Waals surface area contributed by atoms with Crippen molar-refractivity contribution in [3.05, 3.63) is 60.7 Å². The fourth-order valence-electron chi connectivity index (χ4n) is 5.06. The summed E-state index contributed by atoms with van der Waals surface area (Å²) >= 11 is 0.